The molecule has 134 valence electrons. The van der Waals surface area contributed by atoms with Crippen LogP contribution in [0.3, 0.4) is 0 Å². The van der Waals surface area contributed by atoms with Gasteiger partial charge >= 0.3 is 5.97 Å². The van der Waals surface area contributed by atoms with E-state index in [4.69, 9.17) is 14.2 Å². The van der Waals surface area contributed by atoms with Gasteiger partial charge in [0, 0.05) is 24.6 Å². The summed E-state index contributed by atoms with van der Waals surface area (Å²) >= 11 is 0. The van der Waals surface area contributed by atoms with E-state index in [2.05, 4.69) is 0 Å². The van der Waals surface area contributed by atoms with Crippen LogP contribution >= 0.6 is 0 Å². The monoisotopic (exact) mass is 356 g/mol. The number of carbonyl (C=O) groups is 2. The number of ketones is 1. The third-order valence-electron chi connectivity index (χ3n) is 3.75. The van der Waals surface area contributed by atoms with Gasteiger partial charge in [-0.25, -0.2) is 0 Å². The van der Waals surface area contributed by atoms with Crippen LogP contribution < -0.4 is 14.2 Å². The zero-order chi connectivity index (χ0) is 18.8. The Bertz CT molecular complexity index is 928. The number of rotatable bonds is 3. The molecule has 0 saturated carbocycles. The van der Waals surface area contributed by atoms with Gasteiger partial charge < -0.3 is 24.4 Å². The maximum absolute atomic E-state index is 12.6. The van der Waals surface area contributed by atoms with Crippen molar-refractivity contribution in [2.45, 2.75) is 6.92 Å². The van der Waals surface area contributed by atoms with E-state index in [1.807, 2.05) is 0 Å². The van der Waals surface area contributed by atoms with E-state index in [0.29, 0.717) is 16.9 Å². The van der Waals surface area contributed by atoms with Gasteiger partial charge in [-0.05, 0) is 23.8 Å². The molecule has 0 unspecified atom stereocenters. The third-order valence-corrected chi connectivity index (χ3v) is 3.75. The Morgan fingerprint density at radius 3 is 2.65 bits per heavy atom. The number of phenols is 2. The van der Waals surface area contributed by atoms with Crippen LogP contribution in [0.25, 0.3) is 6.08 Å². The number of esters is 1. The molecule has 7 heteroatoms. The summed E-state index contributed by atoms with van der Waals surface area (Å²) < 4.78 is 15.7. The van der Waals surface area contributed by atoms with Gasteiger partial charge in [-0.1, -0.05) is 6.07 Å². The summed E-state index contributed by atoms with van der Waals surface area (Å²) in [6, 6.07) is 7.22. The van der Waals surface area contributed by atoms with E-state index < -0.39 is 11.8 Å². The molecule has 1 aliphatic rings. The van der Waals surface area contributed by atoms with Crippen LogP contribution in [0.1, 0.15) is 22.8 Å². The largest absolute Gasteiger partial charge is 0.508 e. The van der Waals surface area contributed by atoms with E-state index in [0.717, 1.165) is 6.07 Å². The Labute approximate surface area is 149 Å². The number of methoxy groups -OCH3 is 1. The molecule has 0 spiro atoms. The zero-order valence-corrected chi connectivity index (χ0v) is 14.1. The molecule has 0 amide bonds. The van der Waals surface area contributed by atoms with Crippen molar-refractivity contribution in [1.29, 1.82) is 0 Å². The average molecular weight is 356 g/mol. The highest BCUT2D eigenvalue weighted by molar-refractivity contribution is 6.15. The molecule has 2 N–H and O–H groups in total. The standard InChI is InChI=1S/C19H16O7/c1-10(20)26-16-6-11(3-4-15(16)24-2)5-12-9-25-17-8-13(21)7-14(22)18(17)19(12)23/h3-8,21-22H,9H2,1-2H3/b12-5+. The molecule has 26 heavy (non-hydrogen) atoms. The number of ether oxygens (including phenoxy) is 3. The molecule has 2 aromatic carbocycles. The van der Waals surface area contributed by atoms with Crippen molar-refractivity contribution in [1.82, 2.24) is 0 Å². The first-order valence-corrected chi connectivity index (χ1v) is 7.69. The van der Waals surface area contributed by atoms with Crippen molar-refractivity contribution in [3.05, 3.63) is 47.0 Å². The lowest BCUT2D eigenvalue weighted by molar-refractivity contribution is -0.132. The van der Waals surface area contributed by atoms with Crippen LogP contribution in [0.5, 0.6) is 28.7 Å². The van der Waals surface area contributed by atoms with Gasteiger partial charge in [0.2, 0.25) is 0 Å². The Hall–Kier alpha value is -3.48. The minimum absolute atomic E-state index is 0.00554. The Morgan fingerprint density at radius 1 is 1.19 bits per heavy atom. The minimum atomic E-state index is -0.496. The van der Waals surface area contributed by atoms with Gasteiger partial charge in [0.1, 0.15) is 29.4 Å². The Morgan fingerprint density at radius 2 is 1.96 bits per heavy atom. The number of Topliss-reactive ketones (excluding diaryl/α,β-unsaturated/α-hetero) is 1. The molecule has 0 aromatic heterocycles. The maximum Gasteiger partial charge on any atom is 0.308 e. The van der Waals surface area contributed by atoms with E-state index in [-0.39, 0.29) is 35.2 Å². The Balaban J connectivity index is 1.98. The van der Waals surface area contributed by atoms with Gasteiger partial charge in [0.05, 0.1) is 7.11 Å². The predicted octanol–water partition coefficient (Wildman–Crippen LogP) is 2.69. The van der Waals surface area contributed by atoms with E-state index >= 15 is 0 Å². The highest BCUT2D eigenvalue weighted by Crippen LogP contribution is 2.38. The van der Waals surface area contributed by atoms with Crippen LogP contribution in [0.15, 0.2) is 35.9 Å². The minimum Gasteiger partial charge on any atom is -0.508 e. The van der Waals surface area contributed by atoms with Gasteiger partial charge in [0.25, 0.3) is 0 Å². The molecule has 2 aromatic rings. The highest BCUT2D eigenvalue weighted by Gasteiger charge is 2.27. The van der Waals surface area contributed by atoms with Crippen molar-refractivity contribution >= 4 is 17.8 Å². The van der Waals surface area contributed by atoms with Crippen molar-refractivity contribution in [3.8, 4) is 28.7 Å². The number of hydrogen-bond acceptors (Lipinski definition) is 7. The fourth-order valence-electron chi connectivity index (χ4n) is 2.64. The van der Waals surface area contributed by atoms with Crippen molar-refractivity contribution in [3.63, 3.8) is 0 Å². The third kappa shape index (κ3) is 3.32. The molecule has 7 nitrogen and oxygen atoms in total. The van der Waals surface area contributed by atoms with E-state index in [1.165, 1.54) is 20.1 Å². The number of carbonyl (C=O) groups excluding carboxylic acids is 2. The lowest BCUT2D eigenvalue weighted by atomic mass is 9.97. The first kappa shape index (κ1) is 17.3. The van der Waals surface area contributed by atoms with E-state index in [1.54, 1.807) is 24.3 Å². The van der Waals surface area contributed by atoms with Crippen molar-refractivity contribution < 1.29 is 34.0 Å². The molecule has 1 heterocycles. The SMILES string of the molecule is COc1ccc(/C=C2\COc3cc(O)cc(O)c3C2=O)cc1OC(C)=O. The number of hydrogen-bond donors (Lipinski definition) is 2. The quantitative estimate of drug-likeness (QED) is 0.495. The average Bonchev–Trinajstić information content (AvgIpc) is 2.56. The molecule has 0 fully saturated rings. The summed E-state index contributed by atoms with van der Waals surface area (Å²) in [4.78, 5) is 23.9. The number of aromatic hydroxyl groups is 2. The van der Waals surface area contributed by atoms with Crippen molar-refractivity contribution in [2.75, 3.05) is 13.7 Å². The summed E-state index contributed by atoms with van der Waals surface area (Å²) in [5, 5.41) is 19.4. The lowest BCUT2D eigenvalue weighted by Gasteiger charge is -2.20. The molecule has 3 rings (SSSR count). The van der Waals surface area contributed by atoms with Crippen LogP contribution in [0.2, 0.25) is 0 Å². The fourth-order valence-corrected chi connectivity index (χ4v) is 2.64. The lowest BCUT2D eigenvalue weighted by Crippen LogP contribution is -2.19. The number of fused-ring (bicyclic) bond motifs is 1. The molecule has 0 radical (unpaired) electrons. The van der Waals surface area contributed by atoms with Gasteiger partial charge in [-0.15, -0.1) is 0 Å². The molecule has 0 atom stereocenters. The molecular weight excluding hydrogens is 340 g/mol. The first-order chi connectivity index (χ1) is 12.4. The number of phenolic OH excluding ortho intramolecular Hbond substituents is 2. The Kier molecular flexibility index (Phi) is 4.53. The summed E-state index contributed by atoms with van der Waals surface area (Å²) in [6.07, 6.45) is 1.57. The smallest absolute Gasteiger partial charge is 0.308 e. The fraction of sp³-hybridized carbons (Fsp3) is 0.158. The highest BCUT2D eigenvalue weighted by atomic mass is 16.6. The summed E-state index contributed by atoms with van der Waals surface area (Å²) in [6.45, 7) is 1.25. The normalized spacial score (nSPS) is 14.5. The molecule has 0 aliphatic carbocycles. The number of benzene rings is 2. The van der Waals surface area contributed by atoms with E-state index in [9.17, 15) is 19.8 Å². The van der Waals surface area contributed by atoms with Crippen LogP contribution in [-0.4, -0.2) is 35.7 Å². The van der Waals surface area contributed by atoms with Crippen LogP contribution in [0, 0.1) is 0 Å². The van der Waals surface area contributed by atoms with Gasteiger partial charge in [-0.3, -0.25) is 9.59 Å². The van der Waals surface area contributed by atoms with Crippen LogP contribution in [-0.2, 0) is 4.79 Å². The molecule has 0 saturated heterocycles. The van der Waals surface area contributed by atoms with Gasteiger partial charge in [-0.2, -0.15) is 0 Å². The summed E-state index contributed by atoms with van der Waals surface area (Å²) in [7, 11) is 1.45. The topological polar surface area (TPSA) is 102 Å². The molecule has 0 bridgehead atoms. The zero-order valence-electron chi connectivity index (χ0n) is 14.1. The van der Waals surface area contributed by atoms with Crippen molar-refractivity contribution in [2.24, 2.45) is 0 Å². The second-order valence-corrected chi connectivity index (χ2v) is 5.63. The molecule has 1 aliphatic heterocycles. The first-order valence-electron chi connectivity index (χ1n) is 7.69. The predicted molar refractivity (Wildman–Crippen MR) is 91.9 cm³/mol. The second-order valence-electron chi connectivity index (χ2n) is 5.63. The summed E-state index contributed by atoms with van der Waals surface area (Å²) in [5.41, 5.74) is 0.891. The van der Waals surface area contributed by atoms with Gasteiger partial charge in [0.15, 0.2) is 17.3 Å². The molecular formula is C19H16O7. The summed E-state index contributed by atoms with van der Waals surface area (Å²) in [5.74, 6) is -0.718. The second kappa shape index (κ2) is 6.79. The maximum atomic E-state index is 12.6. The van der Waals surface area contributed by atoms with Crippen LogP contribution in [0.4, 0.5) is 0 Å².